The summed E-state index contributed by atoms with van der Waals surface area (Å²) in [5, 5.41) is 1.96. The Kier molecular flexibility index (Phi) is 4.83. The zero-order valence-corrected chi connectivity index (χ0v) is 17.8. The van der Waals surface area contributed by atoms with Crippen molar-refractivity contribution in [2.45, 2.75) is 25.7 Å². The third-order valence-corrected chi connectivity index (χ3v) is 6.86. The molecule has 30 heavy (non-hydrogen) atoms. The van der Waals surface area contributed by atoms with Crippen LogP contribution in [0.25, 0.3) is 21.7 Å². The molecular weight excluding hydrogens is 398 g/mol. The van der Waals surface area contributed by atoms with E-state index < -0.39 is 0 Å². The largest absolute Gasteiger partial charge is 0.497 e. The molecule has 5 rings (SSSR count). The van der Waals surface area contributed by atoms with Crippen LogP contribution in [0, 0.1) is 6.92 Å². The average molecular weight is 422 g/mol. The molecule has 1 amide bonds. The van der Waals surface area contributed by atoms with Gasteiger partial charge in [0.05, 0.1) is 13.4 Å². The number of hydrogen-bond donors (Lipinski definition) is 1. The number of benzene rings is 1. The monoisotopic (exact) mass is 421 g/mol. The molecule has 1 aliphatic heterocycles. The number of nitrogens with one attached hydrogen (secondary N) is 1. The molecule has 7 heteroatoms. The molecule has 1 saturated heterocycles. The second-order valence-corrected chi connectivity index (χ2v) is 8.83. The average Bonchev–Trinajstić information content (AvgIpc) is 3.52. The van der Waals surface area contributed by atoms with Gasteiger partial charge in [-0.25, -0.2) is 4.98 Å². The number of aromatic amines is 1. The summed E-state index contributed by atoms with van der Waals surface area (Å²) in [5.41, 5.74) is 2.97. The van der Waals surface area contributed by atoms with Crippen molar-refractivity contribution < 1.29 is 13.9 Å². The van der Waals surface area contributed by atoms with Crippen molar-refractivity contribution in [2.75, 3.05) is 20.2 Å². The van der Waals surface area contributed by atoms with Crippen LogP contribution in [-0.2, 0) is 0 Å². The molecule has 4 heterocycles. The predicted molar refractivity (Wildman–Crippen MR) is 117 cm³/mol. The minimum atomic E-state index is 0.0144. The lowest BCUT2D eigenvalue weighted by Gasteiger charge is -2.31. The van der Waals surface area contributed by atoms with Crippen molar-refractivity contribution in [1.29, 1.82) is 0 Å². The first-order valence-corrected chi connectivity index (χ1v) is 10.9. The second kappa shape index (κ2) is 7.65. The van der Waals surface area contributed by atoms with E-state index in [1.165, 1.54) is 22.3 Å². The minimum absolute atomic E-state index is 0.0144. The van der Waals surface area contributed by atoms with E-state index in [9.17, 15) is 4.79 Å². The van der Waals surface area contributed by atoms with E-state index in [0.29, 0.717) is 17.4 Å². The van der Waals surface area contributed by atoms with Crippen molar-refractivity contribution in [3.63, 3.8) is 0 Å². The molecule has 0 radical (unpaired) electrons. The number of ether oxygens (including phenoxy) is 1. The first-order valence-electron chi connectivity index (χ1n) is 10.1. The van der Waals surface area contributed by atoms with Gasteiger partial charge in [0.25, 0.3) is 5.91 Å². The van der Waals surface area contributed by atoms with Gasteiger partial charge < -0.3 is 19.0 Å². The Bertz CT molecular complexity index is 1180. The van der Waals surface area contributed by atoms with Crippen LogP contribution in [0.15, 0.2) is 47.2 Å². The summed E-state index contributed by atoms with van der Waals surface area (Å²) in [5.74, 6) is 2.00. The van der Waals surface area contributed by atoms with Gasteiger partial charge in [-0.2, -0.15) is 0 Å². The van der Waals surface area contributed by atoms with E-state index >= 15 is 0 Å². The fraction of sp³-hybridized carbons (Fsp3) is 0.304. The summed E-state index contributed by atoms with van der Waals surface area (Å²) in [6.45, 7) is 3.41. The van der Waals surface area contributed by atoms with Crippen molar-refractivity contribution in [1.82, 2.24) is 14.9 Å². The lowest BCUT2D eigenvalue weighted by atomic mass is 9.89. The summed E-state index contributed by atoms with van der Waals surface area (Å²) in [6, 6.07) is 9.81. The van der Waals surface area contributed by atoms with E-state index in [1.807, 2.05) is 30.0 Å². The fourth-order valence-electron chi connectivity index (χ4n) is 4.23. The van der Waals surface area contributed by atoms with E-state index in [-0.39, 0.29) is 5.91 Å². The number of likely N-dealkylation sites (tertiary alicyclic amines) is 1. The Morgan fingerprint density at radius 1 is 1.30 bits per heavy atom. The van der Waals surface area contributed by atoms with Crippen LogP contribution in [0.5, 0.6) is 5.75 Å². The van der Waals surface area contributed by atoms with Crippen LogP contribution in [0.1, 0.15) is 39.7 Å². The lowest BCUT2D eigenvalue weighted by Crippen LogP contribution is -2.38. The molecule has 1 fully saturated rings. The Hall–Kier alpha value is -3.06. The molecular formula is C23H23N3O3S. The van der Waals surface area contributed by atoms with Crippen LogP contribution in [-0.4, -0.2) is 41.0 Å². The molecule has 0 atom stereocenters. The Labute approximate surface area is 178 Å². The molecule has 0 unspecified atom stereocenters. The standard InChI is InChI=1S/C23H23N3O3S/c1-14-21(25-22(30-14)20-4-3-11-29-20)23(27)26-9-7-15(8-10-26)18-13-24-19-6-5-16(28-2)12-17(18)19/h3-6,11-13,15,24H,7-10H2,1-2H3. The molecule has 4 aromatic rings. The van der Waals surface area contributed by atoms with Crippen molar-refractivity contribution in [2.24, 2.45) is 0 Å². The third kappa shape index (κ3) is 3.29. The molecule has 0 spiro atoms. The highest BCUT2D eigenvalue weighted by molar-refractivity contribution is 7.15. The Balaban J connectivity index is 1.31. The maximum absolute atomic E-state index is 13.1. The van der Waals surface area contributed by atoms with Gasteiger partial charge in [-0.1, -0.05) is 0 Å². The zero-order valence-electron chi connectivity index (χ0n) is 17.0. The summed E-state index contributed by atoms with van der Waals surface area (Å²) >= 11 is 1.50. The number of amides is 1. The van der Waals surface area contributed by atoms with Gasteiger partial charge in [0.1, 0.15) is 11.4 Å². The molecule has 1 aromatic carbocycles. The molecule has 0 bridgehead atoms. The zero-order chi connectivity index (χ0) is 20.7. The van der Waals surface area contributed by atoms with Crippen LogP contribution in [0.4, 0.5) is 0 Å². The number of piperidine rings is 1. The molecule has 1 aliphatic rings. The van der Waals surface area contributed by atoms with Crippen LogP contribution >= 0.6 is 11.3 Å². The fourth-order valence-corrected chi connectivity index (χ4v) is 5.10. The third-order valence-electron chi connectivity index (χ3n) is 5.87. The van der Waals surface area contributed by atoms with Gasteiger partial charge >= 0.3 is 0 Å². The van der Waals surface area contributed by atoms with Gasteiger partial charge in [-0.15, -0.1) is 11.3 Å². The molecule has 6 nitrogen and oxygen atoms in total. The molecule has 0 saturated carbocycles. The number of fused-ring (bicyclic) bond motifs is 1. The summed E-state index contributed by atoms with van der Waals surface area (Å²) in [6.07, 6.45) is 5.60. The van der Waals surface area contributed by atoms with Crippen LogP contribution in [0.3, 0.4) is 0 Å². The number of carbonyl (C=O) groups excluding carboxylic acids is 1. The van der Waals surface area contributed by atoms with Crippen molar-refractivity contribution in [3.8, 4) is 16.5 Å². The Morgan fingerprint density at radius 3 is 2.87 bits per heavy atom. The molecule has 3 aromatic heterocycles. The number of thiazole rings is 1. The number of H-pyrrole nitrogens is 1. The quantitative estimate of drug-likeness (QED) is 0.490. The summed E-state index contributed by atoms with van der Waals surface area (Å²) in [7, 11) is 1.69. The van der Waals surface area contributed by atoms with E-state index in [4.69, 9.17) is 9.15 Å². The highest BCUT2D eigenvalue weighted by Crippen LogP contribution is 2.35. The number of nitrogens with zero attached hydrogens (tertiary/aromatic N) is 2. The topological polar surface area (TPSA) is 71.4 Å². The van der Waals surface area contributed by atoms with Crippen molar-refractivity contribution >= 4 is 28.1 Å². The summed E-state index contributed by atoms with van der Waals surface area (Å²) in [4.78, 5) is 23.9. The van der Waals surface area contributed by atoms with E-state index in [0.717, 1.165) is 47.1 Å². The first-order chi connectivity index (χ1) is 14.6. The molecule has 0 aliphatic carbocycles. The minimum Gasteiger partial charge on any atom is -0.497 e. The highest BCUT2D eigenvalue weighted by Gasteiger charge is 2.28. The van der Waals surface area contributed by atoms with E-state index in [1.54, 1.807) is 13.4 Å². The van der Waals surface area contributed by atoms with Gasteiger partial charge in [-0.05, 0) is 61.6 Å². The van der Waals surface area contributed by atoms with Crippen LogP contribution in [0.2, 0.25) is 0 Å². The maximum Gasteiger partial charge on any atom is 0.273 e. The first kappa shape index (κ1) is 18.9. The van der Waals surface area contributed by atoms with Gasteiger partial charge in [0.2, 0.25) is 0 Å². The summed E-state index contributed by atoms with van der Waals surface area (Å²) < 4.78 is 10.8. The number of carbonyl (C=O) groups is 1. The number of hydrogen-bond acceptors (Lipinski definition) is 5. The maximum atomic E-state index is 13.1. The smallest absolute Gasteiger partial charge is 0.273 e. The van der Waals surface area contributed by atoms with Gasteiger partial charge in [0, 0.05) is 35.1 Å². The number of aryl methyl sites for hydroxylation is 1. The number of aromatic nitrogens is 2. The van der Waals surface area contributed by atoms with Crippen molar-refractivity contribution in [3.05, 3.63) is 58.9 Å². The highest BCUT2D eigenvalue weighted by atomic mass is 32.1. The Morgan fingerprint density at radius 2 is 2.13 bits per heavy atom. The SMILES string of the molecule is COc1ccc2[nH]cc(C3CCN(C(=O)c4nc(-c5ccco5)sc4C)CC3)c2c1. The number of furan rings is 1. The predicted octanol–water partition coefficient (Wildman–Crippen LogP) is 5.22. The second-order valence-electron chi connectivity index (χ2n) is 7.62. The lowest BCUT2D eigenvalue weighted by molar-refractivity contribution is 0.0707. The number of rotatable bonds is 4. The molecule has 1 N–H and O–H groups in total. The normalized spacial score (nSPS) is 15.1. The number of methoxy groups -OCH3 is 1. The van der Waals surface area contributed by atoms with Gasteiger partial charge in [0.15, 0.2) is 10.8 Å². The molecule has 154 valence electrons. The van der Waals surface area contributed by atoms with Crippen LogP contribution < -0.4 is 4.74 Å². The van der Waals surface area contributed by atoms with Gasteiger partial charge in [-0.3, -0.25) is 4.79 Å². The van der Waals surface area contributed by atoms with E-state index in [2.05, 4.69) is 28.3 Å².